The number of fused-ring (bicyclic) bond motifs is 1. The number of aromatic nitrogens is 6. The number of rotatable bonds is 4. The zero-order valence-corrected chi connectivity index (χ0v) is 12.3. The molecule has 0 unspecified atom stereocenters. The maximum atomic E-state index is 12.2. The summed E-state index contributed by atoms with van der Waals surface area (Å²) in [5.41, 5.74) is 0.709. The summed E-state index contributed by atoms with van der Waals surface area (Å²) in [6, 6.07) is 0. The second-order valence-corrected chi connectivity index (χ2v) is 6.10. The van der Waals surface area contributed by atoms with Crippen LogP contribution in [-0.4, -0.2) is 38.3 Å². The summed E-state index contributed by atoms with van der Waals surface area (Å²) in [7, 11) is -3.86. The monoisotopic (exact) mass is 327 g/mol. The van der Waals surface area contributed by atoms with Gasteiger partial charge in [-0.3, -0.25) is 0 Å². The third-order valence-corrected chi connectivity index (χ3v) is 4.21. The van der Waals surface area contributed by atoms with Gasteiger partial charge in [0.25, 0.3) is 10.0 Å². The van der Waals surface area contributed by atoms with Crippen LogP contribution in [-0.2, 0) is 16.4 Å². The Morgan fingerprint density at radius 2 is 2.14 bits per heavy atom. The molecule has 0 fully saturated rings. The third kappa shape index (κ3) is 2.54. The maximum Gasteiger partial charge on any atom is 0.281 e. The molecule has 0 saturated heterocycles. The molecule has 0 aromatic carbocycles. The van der Waals surface area contributed by atoms with E-state index in [4.69, 9.17) is 11.6 Å². The van der Waals surface area contributed by atoms with Gasteiger partial charge in [-0.2, -0.15) is 18.4 Å². The lowest BCUT2D eigenvalue weighted by molar-refractivity contribution is 0.597. The van der Waals surface area contributed by atoms with Crippen molar-refractivity contribution in [2.24, 2.45) is 0 Å². The first-order valence-corrected chi connectivity index (χ1v) is 7.79. The molecule has 0 bridgehead atoms. The number of anilines is 1. The normalized spacial score (nSPS) is 11.9. The summed E-state index contributed by atoms with van der Waals surface area (Å²) in [5.74, 6) is 0.407. The van der Waals surface area contributed by atoms with Crippen molar-refractivity contribution in [3.63, 3.8) is 0 Å². The lowest BCUT2D eigenvalue weighted by atomic mass is 10.5. The Balaban J connectivity index is 1.96. The minimum absolute atomic E-state index is 0.0683. The average Bonchev–Trinajstić information content (AvgIpc) is 3.06. The highest BCUT2D eigenvalue weighted by Crippen LogP contribution is 2.19. The number of nitrogens with one attached hydrogen (secondary N) is 3. The number of aromatic amines is 2. The molecule has 0 saturated carbocycles. The smallest absolute Gasteiger partial charge is 0.281 e. The fourth-order valence-electron chi connectivity index (χ4n) is 1.68. The van der Waals surface area contributed by atoms with Gasteiger partial charge in [0.2, 0.25) is 5.95 Å². The van der Waals surface area contributed by atoms with Gasteiger partial charge in [0.05, 0.1) is 12.5 Å². The summed E-state index contributed by atoms with van der Waals surface area (Å²) < 4.78 is 26.6. The van der Waals surface area contributed by atoms with Crippen molar-refractivity contribution in [1.82, 2.24) is 29.9 Å². The third-order valence-electron chi connectivity index (χ3n) is 2.70. The standard InChI is InChI=1S/C10H10ClN7O2S/c1-2-5-12-3-6(15-5)21(19,20)18-10-16-8(11)7-9(17-10)14-4-13-7/h3-4H,2H2,1H3,(H,12,15)(H2,13,14,16,17,18). The Morgan fingerprint density at radius 1 is 1.33 bits per heavy atom. The zero-order valence-electron chi connectivity index (χ0n) is 10.8. The van der Waals surface area contributed by atoms with Crippen LogP contribution in [0.2, 0.25) is 5.15 Å². The van der Waals surface area contributed by atoms with Gasteiger partial charge in [0.1, 0.15) is 11.3 Å². The van der Waals surface area contributed by atoms with Crippen LogP contribution in [0.3, 0.4) is 0 Å². The van der Waals surface area contributed by atoms with Crippen LogP contribution in [0.15, 0.2) is 17.6 Å². The Kier molecular flexibility index (Phi) is 3.26. The van der Waals surface area contributed by atoms with Crippen molar-refractivity contribution < 1.29 is 8.42 Å². The molecule has 0 aliphatic heterocycles. The van der Waals surface area contributed by atoms with Gasteiger partial charge in [0, 0.05) is 6.42 Å². The summed E-state index contributed by atoms with van der Waals surface area (Å²) >= 11 is 5.93. The number of halogens is 1. The molecular weight excluding hydrogens is 318 g/mol. The number of aryl methyl sites for hydroxylation is 1. The summed E-state index contributed by atoms with van der Waals surface area (Å²) in [6.45, 7) is 1.86. The van der Waals surface area contributed by atoms with Gasteiger partial charge >= 0.3 is 0 Å². The van der Waals surface area contributed by atoms with E-state index in [1.54, 1.807) is 0 Å². The van der Waals surface area contributed by atoms with E-state index in [2.05, 4.69) is 34.6 Å². The number of imidazole rings is 2. The summed E-state index contributed by atoms with van der Waals surface area (Å²) in [6.07, 6.45) is 3.22. The number of nitrogens with zero attached hydrogens (tertiary/aromatic N) is 4. The van der Waals surface area contributed by atoms with E-state index in [9.17, 15) is 8.42 Å². The molecule has 3 aromatic rings. The lowest BCUT2D eigenvalue weighted by Gasteiger charge is -2.04. The predicted octanol–water partition coefficient (Wildman–Crippen LogP) is 1.09. The Labute approximate surface area is 124 Å². The molecule has 9 nitrogen and oxygen atoms in total. The maximum absolute atomic E-state index is 12.2. The number of sulfonamides is 1. The fraction of sp³-hybridized carbons (Fsp3) is 0.200. The minimum atomic E-state index is -3.86. The molecular formula is C10H10ClN7O2S. The summed E-state index contributed by atoms with van der Waals surface area (Å²) in [4.78, 5) is 21.2. The highest BCUT2D eigenvalue weighted by molar-refractivity contribution is 7.92. The molecule has 3 N–H and O–H groups in total. The van der Waals surface area contributed by atoms with Crippen LogP contribution in [0.4, 0.5) is 5.95 Å². The van der Waals surface area contributed by atoms with E-state index < -0.39 is 10.0 Å². The van der Waals surface area contributed by atoms with Gasteiger partial charge in [-0.25, -0.2) is 14.7 Å². The van der Waals surface area contributed by atoms with Gasteiger partial charge in [0.15, 0.2) is 15.8 Å². The molecule has 0 aliphatic rings. The van der Waals surface area contributed by atoms with Gasteiger partial charge in [-0.15, -0.1) is 0 Å². The van der Waals surface area contributed by atoms with Crippen molar-refractivity contribution in [3.05, 3.63) is 23.5 Å². The first-order chi connectivity index (χ1) is 9.99. The Bertz CT molecular complexity index is 901. The second-order valence-electron chi connectivity index (χ2n) is 4.09. The van der Waals surface area contributed by atoms with Gasteiger partial charge in [-0.1, -0.05) is 18.5 Å². The van der Waals surface area contributed by atoms with Crippen molar-refractivity contribution in [2.45, 2.75) is 18.4 Å². The Morgan fingerprint density at radius 3 is 2.86 bits per heavy atom. The van der Waals surface area contributed by atoms with E-state index in [-0.39, 0.29) is 21.8 Å². The van der Waals surface area contributed by atoms with Crippen molar-refractivity contribution >= 4 is 38.7 Å². The van der Waals surface area contributed by atoms with Crippen molar-refractivity contribution in [3.8, 4) is 0 Å². The fourth-order valence-corrected chi connectivity index (χ4v) is 2.78. The highest BCUT2D eigenvalue weighted by atomic mass is 35.5. The largest absolute Gasteiger partial charge is 0.341 e. The molecule has 0 atom stereocenters. The van der Waals surface area contributed by atoms with E-state index in [0.29, 0.717) is 17.8 Å². The zero-order chi connectivity index (χ0) is 15.0. The number of H-pyrrole nitrogens is 2. The molecule has 0 radical (unpaired) electrons. The molecule has 0 aliphatic carbocycles. The van der Waals surface area contributed by atoms with Crippen LogP contribution in [0.1, 0.15) is 12.7 Å². The first-order valence-electron chi connectivity index (χ1n) is 5.93. The predicted molar refractivity (Wildman–Crippen MR) is 75.5 cm³/mol. The van der Waals surface area contributed by atoms with Crippen molar-refractivity contribution in [1.29, 1.82) is 0 Å². The molecule has 21 heavy (non-hydrogen) atoms. The minimum Gasteiger partial charge on any atom is -0.341 e. The van der Waals surface area contributed by atoms with E-state index in [1.807, 2.05) is 6.92 Å². The quantitative estimate of drug-likeness (QED) is 0.615. The van der Waals surface area contributed by atoms with Crippen LogP contribution in [0.25, 0.3) is 11.2 Å². The molecule has 3 aromatic heterocycles. The molecule has 0 spiro atoms. The molecule has 3 heterocycles. The topological polar surface area (TPSA) is 129 Å². The van der Waals surface area contributed by atoms with Crippen molar-refractivity contribution in [2.75, 3.05) is 4.72 Å². The number of hydrogen-bond acceptors (Lipinski definition) is 6. The molecule has 110 valence electrons. The highest BCUT2D eigenvalue weighted by Gasteiger charge is 2.19. The van der Waals surface area contributed by atoms with E-state index in [0.717, 1.165) is 0 Å². The first kappa shape index (κ1) is 13.8. The lowest BCUT2D eigenvalue weighted by Crippen LogP contribution is -2.15. The van der Waals surface area contributed by atoms with E-state index in [1.165, 1.54) is 12.5 Å². The molecule has 0 amide bonds. The average molecular weight is 328 g/mol. The summed E-state index contributed by atoms with van der Waals surface area (Å²) in [5, 5.41) is 0.00950. The van der Waals surface area contributed by atoms with Crippen LogP contribution in [0, 0.1) is 0 Å². The Hall–Kier alpha value is -2.20. The van der Waals surface area contributed by atoms with Crippen LogP contribution in [0.5, 0.6) is 0 Å². The molecule has 11 heteroatoms. The van der Waals surface area contributed by atoms with Crippen LogP contribution >= 0.6 is 11.6 Å². The SMILES string of the molecule is CCc1ncc(S(=O)(=O)Nc2nc(Cl)c3[nH]cnc3n2)[nH]1. The number of hydrogen-bond donors (Lipinski definition) is 3. The van der Waals surface area contributed by atoms with Gasteiger partial charge < -0.3 is 9.97 Å². The van der Waals surface area contributed by atoms with Crippen LogP contribution < -0.4 is 4.72 Å². The van der Waals surface area contributed by atoms with Gasteiger partial charge in [-0.05, 0) is 0 Å². The molecule has 3 rings (SSSR count). The second kappa shape index (κ2) is 4.97. The van der Waals surface area contributed by atoms with E-state index >= 15 is 0 Å².